The van der Waals surface area contributed by atoms with Crippen molar-refractivity contribution < 1.29 is 14.3 Å². The Kier molecular flexibility index (Phi) is 8.28. The van der Waals surface area contributed by atoms with Crippen LogP contribution in [0.1, 0.15) is 96.8 Å². The second-order valence-corrected chi connectivity index (χ2v) is 7.03. The van der Waals surface area contributed by atoms with E-state index in [1.807, 2.05) is 0 Å². The van der Waals surface area contributed by atoms with Crippen molar-refractivity contribution in [3.63, 3.8) is 0 Å². The van der Waals surface area contributed by atoms with E-state index in [4.69, 9.17) is 9.47 Å². The van der Waals surface area contributed by atoms with E-state index in [1.165, 1.54) is 83.5 Å². The SMILES string of the molecule is CCCCCCCCCCCCCCCC1OC(=O)[C@@H]2O[C@H]12. The van der Waals surface area contributed by atoms with Crippen LogP contribution in [0.25, 0.3) is 0 Å². The molecule has 2 fully saturated rings. The summed E-state index contributed by atoms with van der Waals surface area (Å²) in [5.74, 6) is -0.135. The molecule has 0 amide bonds. The molecule has 128 valence electrons. The standard InChI is InChI=1S/C19H34O3/c1-2-3-4-5-6-7-8-9-10-11-12-13-14-15-16-17-18(22-17)19(20)21-16/h16-18H,2-15H2,1H3/t16?,17-,18-/m1/s1. The number of esters is 1. The first-order valence-electron chi connectivity index (χ1n) is 9.69. The number of hydrogen-bond donors (Lipinski definition) is 0. The number of hydrogen-bond acceptors (Lipinski definition) is 3. The predicted molar refractivity (Wildman–Crippen MR) is 88.9 cm³/mol. The molecule has 2 rings (SSSR count). The number of carbonyl (C=O) groups excluding carboxylic acids is 1. The summed E-state index contributed by atoms with van der Waals surface area (Å²) in [7, 11) is 0. The van der Waals surface area contributed by atoms with E-state index in [2.05, 4.69) is 6.92 Å². The van der Waals surface area contributed by atoms with Crippen molar-refractivity contribution >= 4 is 5.97 Å². The van der Waals surface area contributed by atoms with Gasteiger partial charge in [0, 0.05) is 0 Å². The first-order chi connectivity index (χ1) is 10.8. The number of rotatable bonds is 14. The molecule has 3 heteroatoms. The molecule has 0 aromatic carbocycles. The van der Waals surface area contributed by atoms with Crippen molar-refractivity contribution in [2.45, 2.75) is 115 Å². The maximum absolute atomic E-state index is 11.2. The van der Waals surface area contributed by atoms with E-state index in [9.17, 15) is 4.79 Å². The lowest BCUT2D eigenvalue weighted by Crippen LogP contribution is -2.15. The first kappa shape index (κ1) is 17.8. The molecule has 0 N–H and O–H groups in total. The zero-order valence-corrected chi connectivity index (χ0v) is 14.4. The summed E-state index contributed by atoms with van der Waals surface area (Å²) in [4.78, 5) is 11.2. The lowest BCUT2D eigenvalue weighted by atomic mass is 10.0. The summed E-state index contributed by atoms with van der Waals surface area (Å²) in [6.07, 6.45) is 18.8. The molecule has 0 saturated carbocycles. The van der Waals surface area contributed by atoms with Crippen LogP contribution in [0.5, 0.6) is 0 Å². The van der Waals surface area contributed by atoms with Gasteiger partial charge in [-0.3, -0.25) is 0 Å². The highest BCUT2D eigenvalue weighted by atomic mass is 16.7. The number of cyclic esters (lactones) is 1. The van der Waals surface area contributed by atoms with Crippen LogP contribution in [-0.2, 0) is 14.3 Å². The minimum atomic E-state index is -0.202. The van der Waals surface area contributed by atoms with Gasteiger partial charge in [-0.25, -0.2) is 4.79 Å². The second-order valence-electron chi connectivity index (χ2n) is 7.03. The fraction of sp³-hybridized carbons (Fsp3) is 0.947. The van der Waals surface area contributed by atoms with E-state index in [0.717, 1.165) is 6.42 Å². The summed E-state index contributed by atoms with van der Waals surface area (Å²) in [5, 5.41) is 0. The predicted octanol–water partition coefficient (Wildman–Crippen LogP) is 5.16. The Morgan fingerprint density at radius 1 is 0.773 bits per heavy atom. The van der Waals surface area contributed by atoms with Crippen LogP contribution >= 0.6 is 0 Å². The average molecular weight is 310 g/mol. The molecule has 1 unspecified atom stereocenters. The average Bonchev–Trinajstić information content (AvgIpc) is 3.25. The molecule has 0 aromatic heterocycles. The lowest BCUT2D eigenvalue weighted by molar-refractivity contribution is -0.149. The van der Waals surface area contributed by atoms with Crippen LogP contribution in [0.15, 0.2) is 0 Å². The van der Waals surface area contributed by atoms with Crippen LogP contribution in [0.2, 0.25) is 0 Å². The highest BCUT2D eigenvalue weighted by Crippen LogP contribution is 2.37. The quantitative estimate of drug-likeness (QED) is 0.253. The number of carbonyl (C=O) groups is 1. The second kappa shape index (κ2) is 10.3. The van der Waals surface area contributed by atoms with E-state index in [1.54, 1.807) is 0 Å². The van der Waals surface area contributed by atoms with Crippen molar-refractivity contribution in [2.24, 2.45) is 0 Å². The Morgan fingerprint density at radius 2 is 1.27 bits per heavy atom. The van der Waals surface area contributed by atoms with Gasteiger partial charge in [0.05, 0.1) is 0 Å². The Bertz CT molecular complexity index is 316. The van der Waals surface area contributed by atoms with Crippen LogP contribution in [-0.4, -0.2) is 24.3 Å². The summed E-state index contributed by atoms with van der Waals surface area (Å²) in [6, 6.07) is 0. The van der Waals surface area contributed by atoms with Gasteiger partial charge in [0.15, 0.2) is 6.10 Å². The number of epoxide rings is 1. The van der Waals surface area contributed by atoms with Gasteiger partial charge in [-0.15, -0.1) is 0 Å². The molecule has 0 aliphatic carbocycles. The van der Waals surface area contributed by atoms with Gasteiger partial charge in [0.1, 0.15) is 12.2 Å². The molecule has 0 aromatic rings. The molecular weight excluding hydrogens is 276 g/mol. The molecule has 2 aliphatic rings. The minimum Gasteiger partial charge on any atom is -0.457 e. The zero-order chi connectivity index (χ0) is 15.6. The molecule has 2 heterocycles. The monoisotopic (exact) mass is 310 g/mol. The summed E-state index contributed by atoms with van der Waals surface area (Å²) >= 11 is 0. The normalized spacial score (nSPS) is 26.0. The summed E-state index contributed by atoms with van der Waals surface area (Å²) in [5.41, 5.74) is 0. The molecule has 3 nitrogen and oxygen atoms in total. The third-order valence-electron chi connectivity index (χ3n) is 4.98. The third kappa shape index (κ3) is 6.28. The van der Waals surface area contributed by atoms with Crippen LogP contribution in [0.3, 0.4) is 0 Å². The van der Waals surface area contributed by atoms with Gasteiger partial charge in [-0.2, -0.15) is 0 Å². The van der Waals surface area contributed by atoms with Crippen molar-refractivity contribution in [1.29, 1.82) is 0 Å². The highest BCUT2D eigenvalue weighted by Gasteiger charge is 2.58. The van der Waals surface area contributed by atoms with Gasteiger partial charge < -0.3 is 9.47 Å². The van der Waals surface area contributed by atoms with Gasteiger partial charge in [0.2, 0.25) is 0 Å². The van der Waals surface area contributed by atoms with Gasteiger partial charge >= 0.3 is 5.97 Å². The van der Waals surface area contributed by atoms with E-state index >= 15 is 0 Å². The van der Waals surface area contributed by atoms with Crippen molar-refractivity contribution in [3.05, 3.63) is 0 Å². The highest BCUT2D eigenvalue weighted by molar-refractivity contribution is 5.81. The fourth-order valence-corrected chi connectivity index (χ4v) is 3.47. The lowest BCUT2D eigenvalue weighted by Gasteiger charge is -2.10. The molecule has 22 heavy (non-hydrogen) atoms. The molecular formula is C19H34O3. The first-order valence-corrected chi connectivity index (χ1v) is 9.69. The number of unbranched alkanes of at least 4 members (excludes halogenated alkanes) is 12. The molecule has 0 radical (unpaired) electrons. The van der Waals surface area contributed by atoms with Gasteiger partial charge in [0.25, 0.3) is 0 Å². The van der Waals surface area contributed by atoms with E-state index < -0.39 is 0 Å². The zero-order valence-electron chi connectivity index (χ0n) is 14.4. The Balaban J connectivity index is 1.27. The maximum Gasteiger partial charge on any atom is 0.338 e. The van der Waals surface area contributed by atoms with Crippen LogP contribution in [0, 0.1) is 0 Å². The number of fused-ring (bicyclic) bond motifs is 1. The molecule has 2 aliphatic heterocycles. The van der Waals surface area contributed by atoms with Crippen molar-refractivity contribution in [1.82, 2.24) is 0 Å². The molecule has 2 saturated heterocycles. The number of ether oxygens (including phenoxy) is 2. The largest absolute Gasteiger partial charge is 0.457 e. The van der Waals surface area contributed by atoms with E-state index in [0.29, 0.717) is 0 Å². The maximum atomic E-state index is 11.2. The van der Waals surface area contributed by atoms with Crippen LogP contribution in [0.4, 0.5) is 0 Å². The third-order valence-corrected chi connectivity index (χ3v) is 4.98. The van der Waals surface area contributed by atoms with Crippen LogP contribution < -0.4 is 0 Å². The van der Waals surface area contributed by atoms with E-state index in [-0.39, 0.29) is 24.3 Å². The van der Waals surface area contributed by atoms with Crippen molar-refractivity contribution in [3.8, 4) is 0 Å². The summed E-state index contributed by atoms with van der Waals surface area (Å²) < 4.78 is 10.5. The smallest absolute Gasteiger partial charge is 0.338 e. The summed E-state index contributed by atoms with van der Waals surface area (Å²) in [6.45, 7) is 2.27. The fourth-order valence-electron chi connectivity index (χ4n) is 3.47. The molecule has 3 atom stereocenters. The molecule has 0 spiro atoms. The Hall–Kier alpha value is -0.570. The minimum absolute atomic E-state index is 0.0604. The van der Waals surface area contributed by atoms with Gasteiger partial charge in [-0.05, 0) is 12.8 Å². The molecule has 0 bridgehead atoms. The Morgan fingerprint density at radius 3 is 1.68 bits per heavy atom. The van der Waals surface area contributed by atoms with Crippen molar-refractivity contribution in [2.75, 3.05) is 0 Å². The van der Waals surface area contributed by atoms with Gasteiger partial charge in [-0.1, -0.05) is 84.0 Å². The topological polar surface area (TPSA) is 38.8 Å². The Labute approximate surface area is 136 Å².